The van der Waals surface area contributed by atoms with Crippen molar-refractivity contribution in [3.05, 3.63) is 77.5 Å². The molecule has 0 aromatic heterocycles. The molecule has 0 saturated heterocycles. The zero-order chi connectivity index (χ0) is 15.1. The monoisotopic (exact) mass is 279 g/mol. The van der Waals surface area contributed by atoms with Crippen LogP contribution in [0, 0.1) is 0 Å². The van der Waals surface area contributed by atoms with E-state index >= 15 is 0 Å². The Labute approximate surface area is 126 Å². The molecule has 21 heavy (non-hydrogen) atoms. The first kappa shape index (κ1) is 15.0. The van der Waals surface area contributed by atoms with E-state index in [-0.39, 0.29) is 5.78 Å². The summed E-state index contributed by atoms with van der Waals surface area (Å²) in [6, 6.07) is 19.4. The summed E-state index contributed by atoms with van der Waals surface area (Å²) in [5.74, 6) is 0.0724. The van der Waals surface area contributed by atoms with E-state index in [1.54, 1.807) is 0 Å². The lowest BCUT2D eigenvalue weighted by atomic mass is 10.0. The second-order valence-electron chi connectivity index (χ2n) is 4.81. The van der Waals surface area contributed by atoms with Gasteiger partial charge >= 0.3 is 0 Å². The van der Waals surface area contributed by atoms with Crippen LogP contribution in [0.4, 0.5) is 0 Å². The third-order valence-electron chi connectivity index (χ3n) is 3.48. The molecule has 0 fully saturated rings. The van der Waals surface area contributed by atoms with Gasteiger partial charge in [0.2, 0.25) is 5.78 Å². The maximum absolute atomic E-state index is 12.8. The maximum Gasteiger partial charge on any atom is 0.209 e. The lowest BCUT2D eigenvalue weighted by Gasteiger charge is -2.23. The van der Waals surface area contributed by atoms with Crippen LogP contribution in [-0.2, 0) is 0 Å². The van der Waals surface area contributed by atoms with E-state index in [4.69, 9.17) is 0 Å². The number of hydrogen-bond acceptors (Lipinski definition) is 2. The van der Waals surface area contributed by atoms with Gasteiger partial charge in [-0.25, -0.2) is 0 Å². The Kier molecular flexibility index (Phi) is 5.33. The third kappa shape index (κ3) is 3.82. The van der Waals surface area contributed by atoms with E-state index < -0.39 is 0 Å². The number of ketones is 1. The molecule has 2 aromatic carbocycles. The second kappa shape index (κ2) is 7.44. The van der Waals surface area contributed by atoms with Crippen molar-refractivity contribution >= 4 is 11.9 Å². The number of carbonyl (C=O) groups is 1. The molecule has 2 heteroatoms. The molecule has 0 heterocycles. The van der Waals surface area contributed by atoms with Gasteiger partial charge in [0, 0.05) is 18.7 Å². The highest BCUT2D eigenvalue weighted by Gasteiger charge is 2.16. The first-order chi connectivity index (χ1) is 10.3. The van der Waals surface area contributed by atoms with Gasteiger partial charge in [-0.15, -0.1) is 0 Å². The van der Waals surface area contributed by atoms with E-state index in [1.807, 2.05) is 66.7 Å². The van der Waals surface area contributed by atoms with E-state index in [2.05, 4.69) is 18.7 Å². The van der Waals surface area contributed by atoms with Crippen LogP contribution in [0.5, 0.6) is 0 Å². The van der Waals surface area contributed by atoms with E-state index in [1.165, 1.54) is 0 Å². The molecule has 0 aliphatic rings. The van der Waals surface area contributed by atoms with E-state index in [9.17, 15) is 4.79 Å². The Bertz CT molecular complexity index is 598. The van der Waals surface area contributed by atoms with Crippen LogP contribution >= 0.6 is 0 Å². The van der Waals surface area contributed by atoms with Crippen LogP contribution < -0.4 is 0 Å². The molecule has 108 valence electrons. The van der Waals surface area contributed by atoms with Crippen molar-refractivity contribution in [3.8, 4) is 0 Å². The molecule has 0 amide bonds. The molecule has 0 bridgehead atoms. The van der Waals surface area contributed by atoms with Gasteiger partial charge in [-0.3, -0.25) is 4.79 Å². The minimum atomic E-state index is 0.0724. The summed E-state index contributed by atoms with van der Waals surface area (Å²) in [6.45, 7) is 5.77. The van der Waals surface area contributed by atoms with Crippen LogP contribution in [0.1, 0.15) is 29.8 Å². The average Bonchev–Trinajstić information content (AvgIpc) is 2.56. The summed E-state index contributed by atoms with van der Waals surface area (Å²) in [5, 5.41) is 0. The van der Waals surface area contributed by atoms with Crippen molar-refractivity contribution in [2.24, 2.45) is 0 Å². The smallest absolute Gasteiger partial charge is 0.209 e. The molecule has 2 rings (SSSR count). The van der Waals surface area contributed by atoms with Crippen LogP contribution in [0.25, 0.3) is 6.08 Å². The number of rotatable bonds is 6. The van der Waals surface area contributed by atoms with Crippen molar-refractivity contribution in [2.45, 2.75) is 13.8 Å². The summed E-state index contributed by atoms with van der Waals surface area (Å²) < 4.78 is 0. The second-order valence-corrected chi connectivity index (χ2v) is 4.81. The Morgan fingerprint density at radius 1 is 0.905 bits per heavy atom. The molecule has 0 atom stereocenters. The SMILES string of the molecule is CCN(CC)C(=Cc1ccccc1)C(=O)c1ccccc1. The molecule has 2 nitrogen and oxygen atoms in total. The van der Waals surface area contributed by atoms with Crippen LogP contribution in [0.2, 0.25) is 0 Å². The lowest BCUT2D eigenvalue weighted by molar-refractivity contribution is 0.0995. The Morgan fingerprint density at radius 3 is 1.95 bits per heavy atom. The largest absolute Gasteiger partial charge is 0.369 e. The minimum absolute atomic E-state index is 0.0724. The Balaban J connectivity index is 2.42. The molecule has 2 aromatic rings. The fourth-order valence-electron chi connectivity index (χ4n) is 2.31. The first-order valence-corrected chi connectivity index (χ1v) is 7.37. The molecular weight excluding hydrogens is 258 g/mol. The third-order valence-corrected chi connectivity index (χ3v) is 3.48. The number of likely N-dealkylation sites (N-methyl/N-ethyl adjacent to an activating group) is 1. The fourth-order valence-corrected chi connectivity index (χ4v) is 2.31. The van der Waals surface area contributed by atoms with Gasteiger partial charge in [-0.1, -0.05) is 60.7 Å². The number of Topliss-reactive ketones (excluding diaryl/α,β-unsaturated/α-hetero) is 1. The number of benzene rings is 2. The van der Waals surface area contributed by atoms with Gasteiger partial charge in [0.25, 0.3) is 0 Å². The molecule has 0 radical (unpaired) electrons. The first-order valence-electron chi connectivity index (χ1n) is 7.37. The Hall–Kier alpha value is -2.35. The zero-order valence-corrected chi connectivity index (χ0v) is 12.6. The number of nitrogens with zero attached hydrogens (tertiary/aromatic N) is 1. The van der Waals surface area contributed by atoms with Gasteiger partial charge < -0.3 is 4.90 Å². The number of allylic oxidation sites excluding steroid dienone is 1. The molecule has 0 N–H and O–H groups in total. The molecule has 0 spiro atoms. The quantitative estimate of drug-likeness (QED) is 0.582. The van der Waals surface area contributed by atoms with Crippen molar-refractivity contribution in [3.63, 3.8) is 0 Å². The van der Waals surface area contributed by atoms with Crippen molar-refractivity contribution < 1.29 is 4.79 Å². The summed E-state index contributed by atoms with van der Waals surface area (Å²) >= 11 is 0. The highest BCUT2D eigenvalue weighted by atomic mass is 16.1. The Morgan fingerprint density at radius 2 is 1.43 bits per heavy atom. The van der Waals surface area contributed by atoms with Crippen molar-refractivity contribution in [2.75, 3.05) is 13.1 Å². The van der Waals surface area contributed by atoms with Crippen LogP contribution in [0.3, 0.4) is 0 Å². The molecule has 0 unspecified atom stereocenters. The van der Waals surface area contributed by atoms with Gasteiger partial charge in [-0.05, 0) is 25.5 Å². The normalized spacial score (nSPS) is 11.2. The summed E-state index contributed by atoms with van der Waals surface area (Å²) in [4.78, 5) is 14.9. The average molecular weight is 279 g/mol. The van der Waals surface area contributed by atoms with E-state index in [0.29, 0.717) is 0 Å². The zero-order valence-electron chi connectivity index (χ0n) is 12.6. The minimum Gasteiger partial charge on any atom is -0.369 e. The predicted molar refractivity (Wildman–Crippen MR) is 88.1 cm³/mol. The summed E-state index contributed by atoms with van der Waals surface area (Å²) in [7, 11) is 0. The van der Waals surface area contributed by atoms with Crippen molar-refractivity contribution in [1.82, 2.24) is 4.90 Å². The topological polar surface area (TPSA) is 20.3 Å². The summed E-state index contributed by atoms with van der Waals surface area (Å²) in [5.41, 5.74) is 2.52. The molecule has 0 saturated carbocycles. The number of carbonyl (C=O) groups excluding carboxylic acids is 1. The molecule has 0 aliphatic carbocycles. The lowest BCUT2D eigenvalue weighted by Crippen LogP contribution is -2.27. The van der Waals surface area contributed by atoms with E-state index in [0.717, 1.165) is 29.9 Å². The van der Waals surface area contributed by atoms with Gasteiger partial charge in [-0.2, -0.15) is 0 Å². The van der Waals surface area contributed by atoms with Gasteiger partial charge in [0.1, 0.15) is 0 Å². The van der Waals surface area contributed by atoms with Gasteiger partial charge in [0.15, 0.2) is 0 Å². The molecular formula is C19H21NO. The van der Waals surface area contributed by atoms with Crippen LogP contribution in [-0.4, -0.2) is 23.8 Å². The maximum atomic E-state index is 12.8. The highest BCUT2D eigenvalue weighted by molar-refractivity contribution is 6.10. The fraction of sp³-hybridized carbons (Fsp3) is 0.211. The number of hydrogen-bond donors (Lipinski definition) is 0. The van der Waals surface area contributed by atoms with Crippen LogP contribution in [0.15, 0.2) is 66.4 Å². The highest BCUT2D eigenvalue weighted by Crippen LogP contribution is 2.16. The summed E-state index contributed by atoms with van der Waals surface area (Å²) in [6.07, 6.45) is 1.97. The molecule has 0 aliphatic heterocycles. The standard InChI is InChI=1S/C19H21NO/c1-3-20(4-2)18(15-16-11-7-5-8-12-16)19(21)17-13-9-6-10-14-17/h5-15H,3-4H2,1-2H3. The predicted octanol–water partition coefficient (Wildman–Crippen LogP) is 4.25. The van der Waals surface area contributed by atoms with Crippen molar-refractivity contribution in [1.29, 1.82) is 0 Å². The van der Waals surface area contributed by atoms with Gasteiger partial charge in [0.05, 0.1) is 5.70 Å².